The molecular weight excluding hydrogens is 346 g/mol. The Balaban J connectivity index is 1.82. The lowest BCUT2D eigenvalue weighted by Gasteiger charge is -2.22. The Bertz CT molecular complexity index is 968. The van der Waals surface area contributed by atoms with E-state index in [1.807, 2.05) is 40.9 Å². The van der Waals surface area contributed by atoms with E-state index >= 15 is 0 Å². The Hall–Kier alpha value is -3.10. The van der Waals surface area contributed by atoms with Gasteiger partial charge >= 0.3 is 6.09 Å². The number of amides is 1. The molecule has 9 heteroatoms. The molecule has 0 aromatic carbocycles. The molecule has 0 radical (unpaired) electrons. The summed E-state index contributed by atoms with van der Waals surface area (Å²) in [6.45, 7) is 7.37. The van der Waals surface area contributed by atoms with Gasteiger partial charge < -0.3 is 15.8 Å². The Kier molecular flexibility index (Phi) is 4.77. The number of anilines is 1. The third-order valence-corrected chi connectivity index (χ3v) is 3.85. The van der Waals surface area contributed by atoms with Gasteiger partial charge in [0.25, 0.3) is 0 Å². The van der Waals surface area contributed by atoms with Crippen molar-refractivity contribution in [1.82, 2.24) is 29.7 Å². The maximum atomic E-state index is 11.9. The number of hydrogen-bond acceptors (Lipinski definition) is 6. The van der Waals surface area contributed by atoms with E-state index in [1.54, 1.807) is 27.7 Å². The van der Waals surface area contributed by atoms with Gasteiger partial charge in [0, 0.05) is 48.6 Å². The number of nitrogens with one attached hydrogen (secondary N) is 1. The van der Waals surface area contributed by atoms with Gasteiger partial charge in [0.15, 0.2) is 5.65 Å². The quantitative estimate of drug-likeness (QED) is 0.727. The van der Waals surface area contributed by atoms with E-state index in [1.165, 1.54) is 0 Å². The molecule has 1 unspecified atom stereocenters. The van der Waals surface area contributed by atoms with Crippen LogP contribution < -0.4 is 11.1 Å². The first kappa shape index (κ1) is 18.7. The van der Waals surface area contributed by atoms with Gasteiger partial charge in [-0.15, -0.1) is 0 Å². The zero-order chi connectivity index (χ0) is 19.8. The van der Waals surface area contributed by atoms with Gasteiger partial charge in [-0.05, 0) is 27.7 Å². The summed E-state index contributed by atoms with van der Waals surface area (Å²) in [5.74, 6) is 0.481. The summed E-state index contributed by atoms with van der Waals surface area (Å²) in [5, 5.41) is 11.3. The summed E-state index contributed by atoms with van der Waals surface area (Å²) < 4.78 is 8.60. The van der Waals surface area contributed by atoms with E-state index in [9.17, 15) is 4.79 Å². The fourth-order valence-corrected chi connectivity index (χ4v) is 2.78. The molecule has 3 rings (SSSR count). The van der Waals surface area contributed by atoms with Crippen LogP contribution in [-0.4, -0.2) is 42.1 Å². The van der Waals surface area contributed by atoms with Gasteiger partial charge in [-0.1, -0.05) is 0 Å². The highest BCUT2D eigenvalue weighted by molar-refractivity contribution is 5.77. The number of fused-ring (bicyclic) bond motifs is 1. The Morgan fingerprint density at radius 1 is 1.33 bits per heavy atom. The fourth-order valence-electron chi connectivity index (χ4n) is 2.78. The van der Waals surface area contributed by atoms with Crippen molar-refractivity contribution in [2.24, 2.45) is 7.05 Å². The van der Waals surface area contributed by atoms with Crippen molar-refractivity contribution < 1.29 is 9.53 Å². The third kappa shape index (κ3) is 4.36. The molecule has 3 aromatic heterocycles. The minimum absolute atomic E-state index is 0.168. The van der Waals surface area contributed by atoms with Crippen LogP contribution in [0.25, 0.3) is 16.8 Å². The number of aryl methyl sites for hydroxylation is 1. The molecule has 0 aliphatic heterocycles. The zero-order valence-corrected chi connectivity index (χ0v) is 16.2. The van der Waals surface area contributed by atoms with E-state index in [2.05, 4.69) is 15.5 Å². The van der Waals surface area contributed by atoms with Crippen LogP contribution in [0.5, 0.6) is 0 Å². The normalized spacial score (nSPS) is 12.9. The van der Waals surface area contributed by atoms with E-state index in [0.29, 0.717) is 17.9 Å². The predicted molar refractivity (Wildman–Crippen MR) is 102 cm³/mol. The summed E-state index contributed by atoms with van der Waals surface area (Å²) >= 11 is 0. The molecule has 1 atom stereocenters. The van der Waals surface area contributed by atoms with Crippen LogP contribution >= 0.6 is 0 Å². The van der Waals surface area contributed by atoms with Crippen molar-refractivity contribution in [3.05, 3.63) is 30.4 Å². The van der Waals surface area contributed by atoms with Crippen molar-refractivity contribution in [1.29, 1.82) is 0 Å². The number of aromatic nitrogens is 5. The van der Waals surface area contributed by atoms with E-state index in [0.717, 1.165) is 16.8 Å². The monoisotopic (exact) mass is 371 g/mol. The largest absolute Gasteiger partial charge is 0.444 e. The number of carbonyl (C=O) groups is 1. The summed E-state index contributed by atoms with van der Waals surface area (Å²) in [6, 6.07) is 1.60. The molecule has 3 N–H and O–H groups in total. The molecule has 3 heterocycles. The van der Waals surface area contributed by atoms with Crippen LogP contribution in [-0.2, 0) is 18.2 Å². The molecule has 0 saturated carbocycles. The number of rotatable bonds is 4. The molecule has 0 bridgehead atoms. The van der Waals surface area contributed by atoms with Crippen molar-refractivity contribution >= 4 is 17.6 Å². The molecule has 144 valence electrons. The van der Waals surface area contributed by atoms with Gasteiger partial charge in [0.1, 0.15) is 11.4 Å². The number of nitrogen functional groups attached to an aromatic ring is 1. The number of ether oxygens (including phenoxy) is 1. The van der Waals surface area contributed by atoms with E-state index in [-0.39, 0.29) is 6.04 Å². The first-order valence-corrected chi connectivity index (χ1v) is 8.74. The molecule has 0 aliphatic rings. The first-order valence-electron chi connectivity index (χ1n) is 8.74. The minimum Gasteiger partial charge on any atom is -0.444 e. The van der Waals surface area contributed by atoms with Gasteiger partial charge in [0.05, 0.1) is 12.4 Å². The third-order valence-electron chi connectivity index (χ3n) is 3.85. The molecule has 0 fully saturated rings. The lowest BCUT2D eigenvalue weighted by molar-refractivity contribution is 0.0508. The number of nitrogens with two attached hydrogens (primary N) is 1. The molecule has 0 saturated heterocycles. The lowest BCUT2D eigenvalue weighted by Crippen LogP contribution is -2.38. The SMILES string of the molecule is CC(Cc1cc(N)n2ncc(-c3cnn(C)c3)c2n1)NC(=O)OC(C)(C)C. The highest BCUT2D eigenvalue weighted by Gasteiger charge is 2.19. The smallest absolute Gasteiger partial charge is 0.407 e. The standard InChI is InChI=1S/C18H25N7O2/c1-11(22-17(26)27-18(2,3)4)6-13-7-15(19)25-16(23-13)14(9-21-25)12-8-20-24(5)10-12/h7-11H,6,19H2,1-5H3,(H,22,26). The fraction of sp³-hybridized carbons (Fsp3) is 0.444. The molecule has 0 spiro atoms. The molecule has 3 aromatic rings. The van der Waals surface area contributed by atoms with Gasteiger partial charge in [-0.3, -0.25) is 4.68 Å². The molecule has 0 aliphatic carbocycles. The van der Waals surface area contributed by atoms with Gasteiger partial charge in [-0.25, -0.2) is 9.78 Å². The van der Waals surface area contributed by atoms with Gasteiger partial charge in [0.2, 0.25) is 0 Å². The van der Waals surface area contributed by atoms with Crippen molar-refractivity contribution in [3.63, 3.8) is 0 Å². The summed E-state index contributed by atoms with van der Waals surface area (Å²) in [7, 11) is 1.85. The average molecular weight is 371 g/mol. The molecule has 9 nitrogen and oxygen atoms in total. The van der Waals surface area contributed by atoms with E-state index < -0.39 is 11.7 Å². The van der Waals surface area contributed by atoms with Crippen molar-refractivity contribution in [2.75, 3.05) is 5.73 Å². The minimum atomic E-state index is -0.540. The Labute approximate surface area is 157 Å². The average Bonchev–Trinajstić information content (AvgIpc) is 3.11. The maximum Gasteiger partial charge on any atom is 0.407 e. The second-order valence-electron chi connectivity index (χ2n) is 7.62. The number of carbonyl (C=O) groups excluding carboxylic acids is 1. The van der Waals surface area contributed by atoms with Gasteiger partial charge in [-0.2, -0.15) is 14.7 Å². The number of hydrogen-bond donors (Lipinski definition) is 2. The lowest BCUT2D eigenvalue weighted by atomic mass is 10.1. The van der Waals surface area contributed by atoms with Crippen LogP contribution in [0.4, 0.5) is 10.6 Å². The first-order chi connectivity index (χ1) is 12.6. The summed E-state index contributed by atoms with van der Waals surface area (Å²) in [4.78, 5) is 16.6. The summed E-state index contributed by atoms with van der Waals surface area (Å²) in [6.07, 6.45) is 5.44. The van der Waals surface area contributed by atoms with Crippen LogP contribution in [0, 0.1) is 0 Å². The number of alkyl carbamates (subject to hydrolysis) is 1. The molecular formula is C18H25N7O2. The Morgan fingerprint density at radius 2 is 2.07 bits per heavy atom. The van der Waals surface area contributed by atoms with Crippen LogP contribution in [0.3, 0.4) is 0 Å². The van der Waals surface area contributed by atoms with Crippen LogP contribution in [0.2, 0.25) is 0 Å². The maximum absolute atomic E-state index is 11.9. The summed E-state index contributed by atoms with van der Waals surface area (Å²) in [5.41, 5.74) is 8.78. The topological polar surface area (TPSA) is 112 Å². The highest BCUT2D eigenvalue weighted by Crippen LogP contribution is 2.24. The predicted octanol–water partition coefficient (Wildman–Crippen LogP) is 2.17. The number of nitrogens with zero attached hydrogens (tertiary/aromatic N) is 5. The highest BCUT2D eigenvalue weighted by atomic mass is 16.6. The second-order valence-corrected chi connectivity index (χ2v) is 7.62. The Morgan fingerprint density at radius 3 is 2.70 bits per heavy atom. The zero-order valence-electron chi connectivity index (χ0n) is 16.2. The van der Waals surface area contributed by atoms with Crippen molar-refractivity contribution in [2.45, 2.75) is 45.8 Å². The van der Waals surface area contributed by atoms with Crippen LogP contribution in [0.1, 0.15) is 33.4 Å². The van der Waals surface area contributed by atoms with Crippen molar-refractivity contribution in [3.8, 4) is 11.1 Å². The van der Waals surface area contributed by atoms with Crippen LogP contribution in [0.15, 0.2) is 24.7 Å². The molecule has 27 heavy (non-hydrogen) atoms. The second kappa shape index (κ2) is 6.90. The van der Waals surface area contributed by atoms with E-state index in [4.69, 9.17) is 15.5 Å². The molecule has 1 amide bonds.